The van der Waals surface area contributed by atoms with Crippen molar-refractivity contribution in [3.8, 4) is 5.75 Å². The van der Waals surface area contributed by atoms with Crippen LogP contribution in [0.5, 0.6) is 5.75 Å². The van der Waals surface area contributed by atoms with E-state index in [2.05, 4.69) is 9.98 Å². The van der Waals surface area contributed by atoms with Gasteiger partial charge in [0.05, 0.1) is 7.11 Å². The van der Waals surface area contributed by atoms with Gasteiger partial charge in [-0.25, -0.2) is 9.79 Å². The summed E-state index contributed by atoms with van der Waals surface area (Å²) in [5.74, 6) is 0.442. The van der Waals surface area contributed by atoms with Gasteiger partial charge in [-0.15, -0.1) is 0 Å². The predicted octanol–water partition coefficient (Wildman–Crippen LogP) is 2.43. The average Bonchev–Trinajstić information content (AvgIpc) is 2.89. The maximum absolute atomic E-state index is 11.9. The molecule has 1 aliphatic rings. The molecule has 5 heteroatoms. The van der Waals surface area contributed by atoms with E-state index in [-0.39, 0.29) is 11.6 Å². The monoisotopic (exact) mass is 280 g/mol. The minimum Gasteiger partial charge on any atom is -0.497 e. The molecular formula is C16H12N2O3. The summed E-state index contributed by atoms with van der Waals surface area (Å²) in [6.07, 6.45) is 5.01. The van der Waals surface area contributed by atoms with Crippen molar-refractivity contribution >= 4 is 17.8 Å². The Labute approximate surface area is 121 Å². The summed E-state index contributed by atoms with van der Waals surface area (Å²) >= 11 is 0. The molecule has 21 heavy (non-hydrogen) atoms. The third-order valence-electron chi connectivity index (χ3n) is 2.93. The molecule has 2 aromatic rings. The van der Waals surface area contributed by atoms with Crippen LogP contribution in [-0.4, -0.2) is 23.8 Å². The Bertz CT molecular complexity index is 736. The number of hydrogen-bond acceptors (Lipinski definition) is 5. The van der Waals surface area contributed by atoms with Crippen LogP contribution >= 0.6 is 0 Å². The molecule has 1 aromatic carbocycles. The SMILES string of the molecule is COc1cccc(C2=NC(=Cc3cccnc3)OC2=O)c1. The van der Waals surface area contributed by atoms with Gasteiger partial charge in [-0.2, -0.15) is 0 Å². The third kappa shape index (κ3) is 2.81. The van der Waals surface area contributed by atoms with Gasteiger partial charge in [0.25, 0.3) is 0 Å². The number of cyclic esters (lactones) is 1. The molecule has 0 aliphatic carbocycles. The van der Waals surface area contributed by atoms with Gasteiger partial charge in [0.1, 0.15) is 5.75 Å². The van der Waals surface area contributed by atoms with E-state index in [0.29, 0.717) is 11.3 Å². The molecule has 0 amide bonds. The van der Waals surface area contributed by atoms with Gasteiger partial charge in [-0.3, -0.25) is 4.98 Å². The molecule has 3 rings (SSSR count). The minimum absolute atomic E-state index is 0.255. The van der Waals surface area contributed by atoms with Gasteiger partial charge in [0, 0.05) is 24.0 Å². The molecule has 0 bridgehead atoms. The molecule has 2 heterocycles. The summed E-state index contributed by atoms with van der Waals surface area (Å²) in [6, 6.07) is 10.8. The first-order chi connectivity index (χ1) is 10.3. The number of nitrogens with zero attached hydrogens (tertiary/aromatic N) is 2. The Hall–Kier alpha value is -2.95. The van der Waals surface area contributed by atoms with Crippen molar-refractivity contribution in [2.75, 3.05) is 7.11 Å². The van der Waals surface area contributed by atoms with Crippen molar-refractivity contribution < 1.29 is 14.3 Å². The quantitative estimate of drug-likeness (QED) is 0.810. The molecule has 0 saturated heterocycles. The van der Waals surface area contributed by atoms with Gasteiger partial charge in [-0.1, -0.05) is 18.2 Å². The molecule has 0 N–H and O–H groups in total. The van der Waals surface area contributed by atoms with E-state index in [0.717, 1.165) is 5.56 Å². The Morgan fingerprint density at radius 3 is 2.90 bits per heavy atom. The fourth-order valence-corrected chi connectivity index (χ4v) is 1.94. The standard InChI is InChI=1S/C16H12N2O3/c1-20-13-6-2-5-12(9-13)15-16(19)21-14(18-15)8-11-4-3-7-17-10-11/h2-10H,1H3. The van der Waals surface area contributed by atoms with Gasteiger partial charge in [0.15, 0.2) is 5.71 Å². The summed E-state index contributed by atoms with van der Waals surface area (Å²) in [5, 5.41) is 0. The maximum Gasteiger partial charge on any atom is 0.364 e. The Morgan fingerprint density at radius 1 is 1.24 bits per heavy atom. The molecule has 104 valence electrons. The van der Waals surface area contributed by atoms with E-state index in [1.807, 2.05) is 6.07 Å². The number of hydrogen-bond donors (Lipinski definition) is 0. The molecule has 0 saturated carbocycles. The van der Waals surface area contributed by atoms with Crippen molar-refractivity contribution in [3.63, 3.8) is 0 Å². The number of ether oxygens (including phenoxy) is 2. The minimum atomic E-state index is -0.474. The van der Waals surface area contributed by atoms with E-state index in [1.165, 1.54) is 0 Å². The van der Waals surface area contributed by atoms with Crippen LogP contribution in [0.1, 0.15) is 11.1 Å². The van der Waals surface area contributed by atoms with Crippen molar-refractivity contribution in [2.45, 2.75) is 0 Å². The molecule has 0 unspecified atom stereocenters. The zero-order valence-corrected chi connectivity index (χ0v) is 11.3. The predicted molar refractivity (Wildman–Crippen MR) is 77.8 cm³/mol. The zero-order chi connectivity index (χ0) is 14.7. The molecule has 0 fully saturated rings. The van der Waals surface area contributed by atoms with Gasteiger partial charge in [-0.05, 0) is 23.8 Å². The zero-order valence-electron chi connectivity index (χ0n) is 11.3. The smallest absolute Gasteiger partial charge is 0.364 e. The first kappa shape index (κ1) is 13.1. The number of carbonyl (C=O) groups excluding carboxylic acids is 1. The summed E-state index contributed by atoms with van der Waals surface area (Å²) in [4.78, 5) is 20.2. The van der Waals surface area contributed by atoms with Crippen LogP contribution in [0.2, 0.25) is 0 Å². The number of pyridine rings is 1. The van der Waals surface area contributed by atoms with Crippen LogP contribution in [-0.2, 0) is 9.53 Å². The number of aromatic nitrogens is 1. The topological polar surface area (TPSA) is 60.8 Å². The number of methoxy groups -OCH3 is 1. The highest BCUT2D eigenvalue weighted by atomic mass is 16.6. The van der Waals surface area contributed by atoms with Crippen molar-refractivity contribution in [3.05, 3.63) is 65.8 Å². The van der Waals surface area contributed by atoms with E-state index >= 15 is 0 Å². The molecule has 1 aliphatic heterocycles. The lowest BCUT2D eigenvalue weighted by molar-refractivity contribution is -0.130. The Balaban J connectivity index is 1.94. The summed E-state index contributed by atoms with van der Waals surface area (Å²) in [5.41, 5.74) is 1.74. The van der Waals surface area contributed by atoms with Gasteiger partial charge in [0.2, 0.25) is 5.88 Å². The summed E-state index contributed by atoms with van der Waals surface area (Å²) in [7, 11) is 1.57. The molecular weight excluding hydrogens is 268 g/mol. The lowest BCUT2D eigenvalue weighted by Crippen LogP contribution is -2.11. The number of esters is 1. The second kappa shape index (κ2) is 5.58. The number of rotatable bonds is 3. The summed E-state index contributed by atoms with van der Waals surface area (Å²) < 4.78 is 10.3. The first-order valence-corrected chi connectivity index (χ1v) is 6.33. The van der Waals surface area contributed by atoms with E-state index in [9.17, 15) is 4.79 Å². The van der Waals surface area contributed by atoms with Gasteiger partial charge >= 0.3 is 5.97 Å². The average molecular weight is 280 g/mol. The molecule has 0 radical (unpaired) electrons. The highest BCUT2D eigenvalue weighted by Crippen LogP contribution is 2.21. The molecule has 0 spiro atoms. The molecule has 1 aromatic heterocycles. The molecule has 5 nitrogen and oxygen atoms in total. The lowest BCUT2D eigenvalue weighted by atomic mass is 10.1. The maximum atomic E-state index is 11.9. The van der Waals surface area contributed by atoms with E-state index in [4.69, 9.17) is 9.47 Å². The van der Waals surface area contributed by atoms with Crippen LogP contribution in [0.4, 0.5) is 0 Å². The Morgan fingerprint density at radius 2 is 2.14 bits per heavy atom. The number of benzene rings is 1. The van der Waals surface area contributed by atoms with Crippen LogP contribution < -0.4 is 4.74 Å². The van der Waals surface area contributed by atoms with Crippen LogP contribution in [0.3, 0.4) is 0 Å². The lowest BCUT2D eigenvalue weighted by Gasteiger charge is -2.01. The normalized spacial score (nSPS) is 15.8. The van der Waals surface area contributed by atoms with Crippen molar-refractivity contribution in [2.24, 2.45) is 4.99 Å². The highest BCUT2D eigenvalue weighted by molar-refractivity contribution is 6.45. The number of aliphatic imine (C=N–C) groups is 1. The van der Waals surface area contributed by atoms with Crippen LogP contribution in [0.15, 0.2) is 59.7 Å². The van der Waals surface area contributed by atoms with Crippen LogP contribution in [0, 0.1) is 0 Å². The first-order valence-electron chi connectivity index (χ1n) is 6.33. The second-order valence-corrected chi connectivity index (χ2v) is 4.35. The third-order valence-corrected chi connectivity index (χ3v) is 2.93. The van der Waals surface area contributed by atoms with Crippen LogP contribution in [0.25, 0.3) is 6.08 Å². The fraction of sp³-hybridized carbons (Fsp3) is 0.0625. The van der Waals surface area contributed by atoms with E-state index in [1.54, 1.807) is 55.9 Å². The molecule has 0 atom stereocenters. The van der Waals surface area contributed by atoms with Gasteiger partial charge < -0.3 is 9.47 Å². The highest BCUT2D eigenvalue weighted by Gasteiger charge is 2.25. The fourth-order valence-electron chi connectivity index (χ4n) is 1.94. The van der Waals surface area contributed by atoms with Crippen molar-refractivity contribution in [1.82, 2.24) is 4.98 Å². The summed E-state index contributed by atoms with van der Waals surface area (Å²) in [6.45, 7) is 0. The van der Waals surface area contributed by atoms with E-state index < -0.39 is 5.97 Å². The number of carbonyl (C=O) groups is 1. The van der Waals surface area contributed by atoms with Crippen molar-refractivity contribution in [1.29, 1.82) is 0 Å². The second-order valence-electron chi connectivity index (χ2n) is 4.35. The Kier molecular flexibility index (Phi) is 3.47. The largest absolute Gasteiger partial charge is 0.497 e.